The van der Waals surface area contributed by atoms with Gasteiger partial charge in [-0.1, -0.05) is 17.7 Å². The van der Waals surface area contributed by atoms with Crippen LogP contribution in [0.3, 0.4) is 0 Å². The van der Waals surface area contributed by atoms with E-state index in [9.17, 15) is 23.2 Å². The number of benzene rings is 1. The number of aromatic nitrogens is 1. The van der Waals surface area contributed by atoms with Crippen molar-refractivity contribution in [1.82, 2.24) is 9.88 Å². The Labute approximate surface area is 196 Å². The summed E-state index contributed by atoms with van der Waals surface area (Å²) < 4.78 is 30.7. The summed E-state index contributed by atoms with van der Waals surface area (Å²) in [6.45, 7) is 0.177. The third-order valence-electron chi connectivity index (χ3n) is 5.28. The molecule has 172 valence electrons. The molecule has 1 aliphatic rings. The first-order chi connectivity index (χ1) is 15.8. The zero-order chi connectivity index (χ0) is 23.5. The van der Waals surface area contributed by atoms with Crippen LogP contribution in [-0.4, -0.2) is 48.2 Å². The number of thiophene rings is 1. The van der Waals surface area contributed by atoms with E-state index in [0.717, 1.165) is 17.4 Å². The molecule has 4 rings (SSSR count). The average Bonchev–Trinajstić information content (AvgIpc) is 3.35. The molecule has 1 fully saturated rings. The number of amides is 2. The lowest BCUT2D eigenvalue weighted by molar-refractivity contribution is -0.880. The van der Waals surface area contributed by atoms with Crippen LogP contribution >= 0.6 is 22.9 Å². The van der Waals surface area contributed by atoms with Gasteiger partial charge in [0.1, 0.15) is 24.9 Å². The molecular weight excluding hydrogens is 474 g/mol. The summed E-state index contributed by atoms with van der Waals surface area (Å²) in [5, 5.41) is 5.13. The van der Waals surface area contributed by atoms with Gasteiger partial charge in [0.2, 0.25) is 0 Å². The van der Waals surface area contributed by atoms with Crippen molar-refractivity contribution in [3.63, 3.8) is 0 Å². The molecule has 1 aliphatic heterocycles. The highest BCUT2D eigenvalue weighted by atomic mass is 35.5. The molecular formula is C22H20ClF2N4O3S+. The molecule has 3 aromatic rings. The molecule has 0 spiro atoms. The first kappa shape index (κ1) is 23.1. The van der Waals surface area contributed by atoms with Crippen LogP contribution in [0.1, 0.15) is 9.67 Å². The first-order valence-electron chi connectivity index (χ1n) is 10.1. The van der Waals surface area contributed by atoms with E-state index in [1.807, 2.05) is 0 Å². The molecule has 0 radical (unpaired) electrons. The highest BCUT2D eigenvalue weighted by molar-refractivity contribution is 7.18. The fraction of sp³-hybridized carbons (Fsp3) is 0.227. The molecule has 11 heteroatoms. The van der Waals surface area contributed by atoms with Gasteiger partial charge in [-0.05, 0) is 30.3 Å². The molecule has 1 aromatic carbocycles. The van der Waals surface area contributed by atoms with Crippen LogP contribution in [0.15, 0.2) is 59.5 Å². The summed E-state index contributed by atoms with van der Waals surface area (Å²) in [5.41, 5.74) is -0.0226. The number of hydrogen-bond acceptors (Lipinski definition) is 4. The van der Waals surface area contributed by atoms with Gasteiger partial charge in [0.15, 0.2) is 12.7 Å². The van der Waals surface area contributed by atoms with Crippen LogP contribution in [-0.2, 0) is 4.79 Å². The summed E-state index contributed by atoms with van der Waals surface area (Å²) in [6.07, 6.45) is 0.203. The van der Waals surface area contributed by atoms with Crippen molar-refractivity contribution < 1.29 is 23.3 Å². The molecule has 0 aliphatic carbocycles. The Hall–Kier alpha value is -3.08. The van der Waals surface area contributed by atoms with Crippen LogP contribution in [0.2, 0.25) is 4.34 Å². The van der Waals surface area contributed by atoms with E-state index in [4.69, 9.17) is 11.6 Å². The maximum Gasteiger partial charge on any atom is 0.279 e. The fourth-order valence-corrected chi connectivity index (χ4v) is 4.67. The highest BCUT2D eigenvalue weighted by Crippen LogP contribution is 2.21. The molecule has 1 unspecified atom stereocenters. The minimum Gasteiger partial charge on any atom is -0.340 e. The van der Waals surface area contributed by atoms with Gasteiger partial charge in [-0.25, -0.2) is 8.78 Å². The van der Waals surface area contributed by atoms with E-state index in [1.165, 1.54) is 29.0 Å². The number of carbonyl (C=O) groups is 2. The first-order valence-corrected chi connectivity index (χ1v) is 11.3. The van der Waals surface area contributed by atoms with Gasteiger partial charge >= 0.3 is 0 Å². The molecule has 0 saturated carbocycles. The van der Waals surface area contributed by atoms with E-state index < -0.39 is 29.8 Å². The lowest BCUT2D eigenvalue weighted by Gasteiger charge is -2.14. The number of carbonyl (C=O) groups excluding carboxylic acids is 2. The third-order valence-corrected chi connectivity index (χ3v) is 6.51. The number of halogens is 3. The van der Waals surface area contributed by atoms with Crippen LogP contribution in [0.4, 0.5) is 14.5 Å². The molecule has 3 atom stereocenters. The normalized spacial score (nSPS) is 19.9. The lowest BCUT2D eigenvalue weighted by Crippen LogP contribution is -3.12. The molecule has 3 heterocycles. The van der Waals surface area contributed by atoms with E-state index in [2.05, 4.69) is 10.6 Å². The smallest absolute Gasteiger partial charge is 0.279 e. The van der Waals surface area contributed by atoms with Crippen molar-refractivity contribution in [1.29, 1.82) is 0 Å². The van der Waals surface area contributed by atoms with Gasteiger partial charge in [0.25, 0.3) is 17.4 Å². The highest BCUT2D eigenvalue weighted by Gasteiger charge is 2.38. The number of nitrogens with zero attached hydrogens (tertiary/aromatic N) is 1. The summed E-state index contributed by atoms with van der Waals surface area (Å²) in [5.74, 6) is -1.60. The zero-order valence-corrected chi connectivity index (χ0v) is 18.8. The van der Waals surface area contributed by atoms with Crippen molar-refractivity contribution in [2.45, 2.75) is 12.2 Å². The maximum atomic E-state index is 14.5. The van der Waals surface area contributed by atoms with Crippen molar-refractivity contribution >= 4 is 40.4 Å². The predicted octanol–water partition coefficient (Wildman–Crippen LogP) is 1.67. The molecule has 1 saturated heterocycles. The fourth-order valence-electron chi connectivity index (χ4n) is 3.72. The number of quaternary nitrogens is 1. The Morgan fingerprint density at radius 3 is 2.70 bits per heavy atom. The minimum atomic E-state index is -1.31. The molecule has 3 N–H and O–H groups in total. The number of likely N-dealkylation sites (tertiary alicyclic amines) is 1. The second-order valence-electron chi connectivity index (χ2n) is 7.66. The van der Waals surface area contributed by atoms with Crippen molar-refractivity contribution in [2.75, 3.05) is 25.0 Å². The van der Waals surface area contributed by atoms with Crippen LogP contribution in [0, 0.1) is 5.82 Å². The van der Waals surface area contributed by atoms with Gasteiger partial charge in [-0.15, -0.1) is 11.3 Å². The standard InChI is InChI=1S/C22H19ClF2N4O3S/c23-19-7-6-18(33-19)22(32)27-17-11-28(10-15(17)25)12-20(30)26-16-5-4-13(9-14(16)24)29-8-2-1-3-21(29)31/h1-9,15,17H,10-12H2,(H,26,30)(H,27,32)/p+1/t15-,17-/m0/s1. The molecule has 2 amide bonds. The van der Waals surface area contributed by atoms with Crippen molar-refractivity contribution in [3.05, 3.63) is 80.1 Å². The van der Waals surface area contributed by atoms with Gasteiger partial charge in [0, 0.05) is 18.3 Å². The summed E-state index contributed by atoms with van der Waals surface area (Å²) in [4.78, 5) is 37.6. The quantitative estimate of drug-likeness (QED) is 0.488. The lowest BCUT2D eigenvalue weighted by atomic mass is 10.2. The molecule has 0 bridgehead atoms. The second kappa shape index (κ2) is 9.82. The van der Waals surface area contributed by atoms with Crippen LogP contribution in [0.5, 0.6) is 0 Å². The summed E-state index contributed by atoms with van der Waals surface area (Å²) in [7, 11) is 0. The van der Waals surface area contributed by atoms with Crippen molar-refractivity contribution in [3.8, 4) is 5.69 Å². The number of alkyl halides is 1. The van der Waals surface area contributed by atoms with E-state index in [1.54, 1.807) is 24.3 Å². The Morgan fingerprint density at radius 2 is 2.00 bits per heavy atom. The number of hydrogen-bond donors (Lipinski definition) is 3. The molecule has 2 aromatic heterocycles. The Morgan fingerprint density at radius 1 is 1.18 bits per heavy atom. The van der Waals surface area contributed by atoms with E-state index in [0.29, 0.717) is 19.8 Å². The van der Waals surface area contributed by atoms with Crippen LogP contribution < -0.4 is 21.1 Å². The summed E-state index contributed by atoms with van der Waals surface area (Å²) >= 11 is 6.93. The zero-order valence-electron chi connectivity index (χ0n) is 17.2. The number of nitrogens with one attached hydrogen (secondary N) is 3. The van der Waals surface area contributed by atoms with Gasteiger partial charge in [-0.3, -0.25) is 19.0 Å². The monoisotopic (exact) mass is 493 g/mol. The van der Waals surface area contributed by atoms with Crippen molar-refractivity contribution in [2.24, 2.45) is 0 Å². The van der Waals surface area contributed by atoms with E-state index in [-0.39, 0.29) is 30.9 Å². The van der Waals surface area contributed by atoms with E-state index >= 15 is 0 Å². The van der Waals surface area contributed by atoms with Crippen LogP contribution in [0.25, 0.3) is 5.69 Å². The summed E-state index contributed by atoms with van der Waals surface area (Å²) in [6, 6.07) is 11.1. The topological polar surface area (TPSA) is 84.6 Å². The predicted molar refractivity (Wildman–Crippen MR) is 122 cm³/mol. The molecule has 7 nitrogen and oxygen atoms in total. The van der Waals surface area contributed by atoms with Gasteiger partial charge < -0.3 is 15.5 Å². The Bertz CT molecular complexity index is 1250. The SMILES string of the molecule is O=C(C[NH+]1C[C@H](NC(=O)c2ccc(Cl)s2)[C@@H](F)C1)Nc1ccc(-n2ccccc2=O)cc1F. The second-order valence-corrected chi connectivity index (χ2v) is 9.37. The third kappa shape index (κ3) is 5.47. The Kier molecular flexibility index (Phi) is 6.87. The van der Waals surface area contributed by atoms with Gasteiger partial charge in [0.05, 0.1) is 20.6 Å². The maximum absolute atomic E-state index is 14.5. The number of pyridine rings is 1. The minimum absolute atomic E-state index is 0.0393. The molecule has 33 heavy (non-hydrogen) atoms. The largest absolute Gasteiger partial charge is 0.340 e. The average molecular weight is 494 g/mol. The Balaban J connectivity index is 1.34. The van der Waals surface area contributed by atoms with Gasteiger partial charge in [-0.2, -0.15) is 0 Å². The number of anilines is 1. The number of rotatable bonds is 6.